The van der Waals surface area contributed by atoms with E-state index in [0.29, 0.717) is 12.8 Å². The van der Waals surface area contributed by atoms with Crippen molar-refractivity contribution in [1.82, 2.24) is 0 Å². The molecule has 0 saturated carbocycles. The fraction of sp³-hybridized carbons (Fsp3) is 0.750. The second-order valence-corrected chi connectivity index (χ2v) is 12.4. The monoisotopic (exact) mass is 621 g/mol. The minimum absolute atomic E-state index is 0.0215. The van der Waals surface area contributed by atoms with Crippen molar-refractivity contribution in [2.75, 3.05) is 41.0 Å². The van der Waals surface area contributed by atoms with E-state index in [4.69, 9.17) is 14.2 Å². The molecule has 0 amide bonds. The summed E-state index contributed by atoms with van der Waals surface area (Å²) in [6.07, 6.45) is 27.6. The Bertz CT molecular complexity index is 829. The van der Waals surface area contributed by atoms with Crippen LogP contribution in [-0.2, 0) is 28.6 Å². The second-order valence-electron chi connectivity index (χ2n) is 12.4. The van der Waals surface area contributed by atoms with E-state index in [1.165, 1.54) is 38.5 Å². The van der Waals surface area contributed by atoms with Crippen molar-refractivity contribution in [2.45, 2.75) is 135 Å². The summed E-state index contributed by atoms with van der Waals surface area (Å²) in [4.78, 5) is 36.4. The van der Waals surface area contributed by atoms with Crippen molar-refractivity contribution in [3.63, 3.8) is 0 Å². The molecule has 254 valence electrons. The van der Waals surface area contributed by atoms with Crippen LogP contribution in [0.1, 0.15) is 123 Å². The lowest BCUT2D eigenvalue weighted by atomic mass is 10.1. The largest absolute Gasteiger partial charge is 0.544 e. The average Bonchev–Trinajstić information content (AvgIpc) is 2.96. The Hall–Kier alpha value is -2.45. The first-order valence-electron chi connectivity index (χ1n) is 17.0. The quantitative estimate of drug-likeness (QED) is 0.0400. The van der Waals surface area contributed by atoms with Crippen molar-refractivity contribution < 1.29 is 38.2 Å². The predicted molar refractivity (Wildman–Crippen MR) is 176 cm³/mol. The van der Waals surface area contributed by atoms with E-state index in [9.17, 15) is 19.5 Å². The molecule has 0 saturated heterocycles. The number of esters is 2. The van der Waals surface area contributed by atoms with Gasteiger partial charge in [0, 0.05) is 19.3 Å². The van der Waals surface area contributed by atoms with Crippen LogP contribution in [0.4, 0.5) is 0 Å². The van der Waals surface area contributed by atoms with Crippen LogP contribution in [0, 0.1) is 0 Å². The molecule has 0 bridgehead atoms. The summed E-state index contributed by atoms with van der Waals surface area (Å²) in [5.41, 5.74) is 0. The van der Waals surface area contributed by atoms with E-state index >= 15 is 0 Å². The molecule has 0 heterocycles. The fourth-order valence-electron chi connectivity index (χ4n) is 4.62. The van der Waals surface area contributed by atoms with Gasteiger partial charge >= 0.3 is 11.9 Å². The molecule has 0 aliphatic carbocycles. The van der Waals surface area contributed by atoms with E-state index in [1.54, 1.807) is 21.1 Å². The summed E-state index contributed by atoms with van der Waals surface area (Å²) in [6, 6.07) is -0.730. The molecule has 0 aromatic rings. The number of unbranched alkanes of at least 4 members (excludes halogenated alkanes) is 9. The van der Waals surface area contributed by atoms with Gasteiger partial charge in [0.15, 0.2) is 6.10 Å². The number of aliphatic carboxylic acids is 1. The zero-order valence-corrected chi connectivity index (χ0v) is 28.6. The molecule has 8 heteroatoms. The number of carboxylic acids is 1. The van der Waals surface area contributed by atoms with Crippen molar-refractivity contribution >= 4 is 17.9 Å². The average molecular weight is 622 g/mol. The van der Waals surface area contributed by atoms with Crippen LogP contribution in [0.15, 0.2) is 36.5 Å². The Kier molecular flexibility index (Phi) is 26.5. The van der Waals surface area contributed by atoms with Crippen LogP contribution >= 0.6 is 0 Å². The molecule has 0 aromatic heterocycles. The molecule has 8 nitrogen and oxygen atoms in total. The van der Waals surface area contributed by atoms with Gasteiger partial charge in [-0.1, -0.05) is 102 Å². The number of rotatable bonds is 29. The molecule has 0 radical (unpaired) electrons. The standard InChI is InChI=1S/C36H63NO7/c1-6-8-10-12-14-16-17-19-21-23-25-27-35(39)44-32(30-42-29-28-33(36(40)41)37(3,4)5)31-43-34(38)26-24-22-20-18-15-13-11-9-7-2/h8,10,14,16,19,21,32-33H,6-7,9,11-13,15,17-18,20,22-31H2,1-5H3/b10-8+,16-14+,21-19+. The Labute approximate surface area is 268 Å². The first-order chi connectivity index (χ1) is 21.1. The van der Waals surface area contributed by atoms with E-state index in [2.05, 4.69) is 50.3 Å². The van der Waals surface area contributed by atoms with Crippen LogP contribution in [0.2, 0.25) is 0 Å². The van der Waals surface area contributed by atoms with Crippen LogP contribution < -0.4 is 5.11 Å². The Balaban J connectivity index is 4.58. The van der Waals surface area contributed by atoms with Crippen LogP contribution in [0.5, 0.6) is 0 Å². The lowest BCUT2D eigenvalue weighted by molar-refractivity contribution is -0.889. The number of ether oxygens (including phenoxy) is 3. The summed E-state index contributed by atoms with van der Waals surface area (Å²) >= 11 is 0. The van der Waals surface area contributed by atoms with Crippen LogP contribution in [-0.4, -0.2) is 75.5 Å². The minimum Gasteiger partial charge on any atom is -0.544 e. The van der Waals surface area contributed by atoms with Gasteiger partial charge in [0.1, 0.15) is 12.6 Å². The molecule has 0 N–H and O–H groups in total. The summed E-state index contributed by atoms with van der Waals surface area (Å²) in [7, 11) is 5.36. The van der Waals surface area contributed by atoms with Gasteiger partial charge in [-0.3, -0.25) is 9.59 Å². The van der Waals surface area contributed by atoms with Gasteiger partial charge in [-0.2, -0.15) is 0 Å². The van der Waals surface area contributed by atoms with Gasteiger partial charge in [-0.25, -0.2) is 0 Å². The molecule has 2 unspecified atom stereocenters. The maximum absolute atomic E-state index is 12.5. The molecule has 0 aromatic carbocycles. The zero-order chi connectivity index (χ0) is 32.9. The molecular weight excluding hydrogens is 558 g/mol. The van der Waals surface area contributed by atoms with Crippen LogP contribution in [0.25, 0.3) is 0 Å². The Morgan fingerprint density at radius 3 is 1.86 bits per heavy atom. The zero-order valence-electron chi connectivity index (χ0n) is 28.6. The molecule has 2 atom stereocenters. The molecule has 0 fully saturated rings. The lowest BCUT2D eigenvalue weighted by Crippen LogP contribution is -2.55. The Morgan fingerprint density at radius 1 is 0.705 bits per heavy atom. The summed E-state index contributed by atoms with van der Waals surface area (Å²) in [5, 5.41) is 11.5. The molecule has 0 aliphatic heterocycles. The number of carboxylic acid groups (broad SMARTS) is 1. The second kappa shape index (κ2) is 28.1. The predicted octanol–water partition coefficient (Wildman–Crippen LogP) is 6.62. The number of likely N-dealkylation sites (N-methyl/N-ethyl adjacent to an activating group) is 1. The van der Waals surface area contributed by atoms with Gasteiger partial charge in [-0.05, 0) is 38.5 Å². The maximum Gasteiger partial charge on any atom is 0.306 e. The number of nitrogens with zero attached hydrogens (tertiary/aromatic N) is 1. The van der Waals surface area contributed by atoms with Crippen molar-refractivity contribution in [3.05, 3.63) is 36.5 Å². The number of carbonyl (C=O) groups is 3. The third kappa shape index (κ3) is 26.0. The van der Waals surface area contributed by atoms with Crippen LogP contribution in [0.3, 0.4) is 0 Å². The number of quaternary nitrogens is 1. The van der Waals surface area contributed by atoms with Gasteiger partial charge in [0.05, 0.1) is 40.3 Å². The first kappa shape index (κ1) is 41.5. The number of hydrogen-bond acceptors (Lipinski definition) is 7. The number of carbonyl (C=O) groups excluding carboxylic acids is 3. The van der Waals surface area contributed by atoms with E-state index in [0.717, 1.165) is 44.9 Å². The highest BCUT2D eigenvalue weighted by Crippen LogP contribution is 2.12. The normalized spacial score (nSPS) is 13.6. The van der Waals surface area contributed by atoms with E-state index in [1.807, 2.05) is 0 Å². The van der Waals surface area contributed by atoms with Crippen molar-refractivity contribution in [2.24, 2.45) is 0 Å². The van der Waals surface area contributed by atoms with Crippen molar-refractivity contribution in [1.29, 1.82) is 0 Å². The summed E-state index contributed by atoms with van der Waals surface area (Å²) in [5.74, 6) is -1.82. The summed E-state index contributed by atoms with van der Waals surface area (Å²) in [6.45, 7) is 4.43. The molecule has 0 aliphatic rings. The molecular formula is C36H63NO7. The SMILES string of the molecule is CC/C=C/C/C=C/C/C=C/CCCC(=O)OC(COCCC(C(=O)[O-])[N+](C)(C)C)COC(=O)CCCCCCCCCCC. The number of allylic oxidation sites excluding steroid dienone is 6. The molecule has 0 spiro atoms. The Morgan fingerprint density at radius 2 is 1.27 bits per heavy atom. The number of hydrogen-bond donors (Lipinski definition) is 0. The minimum atomic E-state index is -1.14. The van der Waals surface area contributed by atoms with Crippen molar-refractivity contribution in [3.8, 4) is 0 Å². The van der Waals surface area contributed by atoms with Gasteiger partial charge in [0.25, 0.3) is 0 Å². The smallest absolute Gasteiger partial charge is 0.306 e. The first-order valence-corrected chi connectivity index (χ1v) is 17.0. The third-order valence-corrected chi connectivity index (χ3v) is 7.29. The third-order valence-electron chi connectivity index (χ3n) is 7.29. The lowest BCUT2D eigenvalue weighted by Gasteiger charge is -2.34. The van der Waals surface area contributed by atoms with Gasteiger partial charge in [-0.15, -0.1) is 0 Å². The molecule has 44 heavy (non-hydrogen) atoms. The van der Waals surface area contributed by atoms with Gasteiger partial charge in [0.2, 0.25) is 0 Å². The summed E-state index contributed by atoms with van der Waals surface area (Å²) < 4.78 is 16.9. The van der Waals surface area contributed by atoms with Gasteiger partial charge < -0.3 is 28.6 Å². The fourth-order valence-corrected chi connectivity index (χ4v) is 4.62. The van der Waals surface area contributed by atoms with E-state index in [-0.39, 0.29) is 49.1 Å². The molecule has 0 rings (SSSR count). The van der Waals surface area contributed by atoms with E-state index < -0.39 is 18.1 Å². The maximum atomic E-state index is 12.5. The topological polar surface area (TPSA) is 102 Å². The highest BCUT2D eigenvalue weighted by Gasteiger charge is 2.25. The highest BCUT2D eigenvalue weighted by molar-refractivity contribution is 5.70. The highest BCUT2D eigenvalue weighted by atomic mass is 16.6.